The molecule has 1 unspecified atom stereocenters. The third-order valence-corrected chi connectivity index (χ3v) is 3.43. The lowest BCUT2D eigenvalue weighted by atomic mass is 9.79. The summed E-state index contributed by atoms with van der Waals surface area (Å²) in [6, 6.07) is 3.88. The number of aromatic hydroxyl groups is 1. The van der Waals surface area contributed by atoms with Crippen LogP contribution in [0.15, 0.2) is 12.1 Å². The molecule has 2 rings (SSSR count). The van der Waals surface area contributed by atoms with Gasteiger partial charge >= 0.3 is 0 Å². The molecule has 0 saturated heterocycles. The van der Waals surface area contributed by atoms with E-state index in [1.807, 2.05) is 12.1 Å². The molecule has 0 fully saturated rings. The van der Waals surface area contributed by atoms with Crippen molar-refractivity contribution < 1.29 is 5.11 Å². The van der Waals surface area contributed by atoms with Gasteiger partial charge in [0.15, 0.2) is 0 Å². The number of fused-ring (bicyclic) bond motifs is 1. The highest BCUT2D eigenvalue weighted by molar-refractivity contribution is 5.47. The maximum atomic E-state index is 9.79. The largest absolute Gasteiger partial charge is 0.508 e. The van der Waals surface area contributed by atoms with E-state index in [1.165, 1.54) is 36.0 Å². The van der Waals surface area contributed by atoms with Gasteiger partial charge in [0.2, 0.25) is 0 Å². The highest BCUT2D eigenvalue weighted by atomic mass is 16.3. The van der Waals surface area contributed by atoms with E-state index >= 15 is 0 Å². The number of aryl methyl sites for hydroxylation is 1. The molecule has 1 aliphatic carbocycles. The van der Waals surface area contributed by atoms with Crippen molar-refractivity contribution in [3.63, 3.8) is 0 Å². The van der Waals surface area contributed by atoms with Crippen molar-refractivity contribution in [1.29, 1.82) is 0 Å². The number of hydrogen-bond donors (Lipinski definition) is 1. The Kier molecular flexibility index (Phi) is 2.49. The predicted octanol–water partition coefficient (Wildman–Crippen LogP) is 3.53. The highest BCUT2D eigenvalue weighted by Crippen LogP contribution is 2.39. The summed E-state index contributed by atoms with van der Waals surface area (Å²) < 4.78 is 0. The van der Waals surface area contributed by atoms with E-state index in [9.17, 15) is 5.11 Å². The molecular weight excluding hydrogens is 172 g/mol. The summed E-state index contributed by atoms with van der Waals surface area (Å²) in [5.41, 5.74) is 3.99. The van der Waals surface area contributed by atoms with Gasteiger partial charge in [0.05, 0.1) is 0 Å². The van der Waals surface area contributed by atoms with Gasteiger partial charge in [-0.2, -0.15) is 0 Å². The molecule has 1 atom stereocenters. The van der Waals surface area contributed by atoms with Crippen molar-refractivity contribution in [2.75, 3.05) is 0 Å². The maximum Gasteiger partial charge on any atom is 0.119 e. The molecule has 0 bridgehead atoms. The Balaban J connectivity index is 2.55. The van der Waals surface area contributed by atoms with Gasteiger partial charge in [0.1, 0.15) is 5.75 Å². The van der Waals surface area contributed by atoms with Crippen LogP contribution in [-0.4, -0.2) is 5.11 Å². The summed E-state index contributed by atoms with van der Waals surface area (Å²) in [6.45, 7) is 4.40. The average molecular weight is 190 g/mol. The number of phenolic OH excluding ortho intramolecular Hbond substituents is 1. The van der Waals surface area contributed by atoms with Gasteiger partial charge in [-0.15, -0.1) is 0 Å². The highest BCUT2D eigenvalue weighted by Gasteiger charge is 2.22. The van der Waals surface area contributed by atoms with E-state index in [4.69, 9.17) is 0 Å². The summed E-state index contributed by atoms with van der Waals surface area (Å²) >= 11 is 0. The monoisotopic (exact) mass is 190 g/mol. The Labute approximate surface area is 85.8 Å². The molecule has 14 heavy (non-hydrogen) atoms. The van der Waals surface area contributed by atoms with Gasteiger partial charge in [0, 0.05) is 0 Å². The van der Waals surface area contributed by atoms with Crippen LogP contribution in [0.25, 0.3) is 0 Å². The fraction of sp³-hybridized carbons (Fsp3) is 0.538. The van der Waals surface area contributed by atoms with Gasteiger partial charge in [0.25, 0.3) is 0 Å². The third-order valence-electron chi connectivity index (χ3n) is 3.43. The Bertz CT molecular complexity index is 341. The normalized spacial score (nSPS) is 20.6. The number of phenols is 1. The summed E-state index contributed by atoms with van der Waals surface area (Å²) in [4.78, 5) is 0. The summed E-state index contributed by atoms with van der Waals surface area (Å²) in [6.07, 6.45) is 4.76. The third kappa shape index (κ3) is 1.41. The SMILES string of the molecule is CCC1CCCc2c(O)ccc(C)c21. The van der Waals surface area contributed by atoms with Crippen LogP contribution in [0.5, 0.6) is 5.75 Å². The van der Waals surface area contributed by atoms with Crippen LogP contribution >= 0.6 is 0 Å². The summed E-state index contributed by atoms with van der Waals surface area (Å²) in [5.74, 6) is 1.18. The second-order valence-corrected chi connectivity index (χ2v) is 4.29. The lowest BCUT2D eigenvalue weighted by molar-refractivity contribution is 0.451. The van der Waals surface area contributed by atoms with Crippen molar-refractivity contribution in [2.45, 2.75) is 45.4 Å². The van der Waals surface area contributed by atoms with E-state index in [2.05, 4.69) is 13.8 Å². The molecular formula is C13H18O. The quantitative estimate of drug-likeness (QED) is 0.718. The van der Waals surface area contributed by atoms with Crippen molar-refractivity contribution in [3.8, 4) is 5.75 Å². The van der Waals surface area contributed by atoms with Gasteiger partial charge < -0.3 is 5.11 Å². The summed E-state index contributed by atoms with van der Waals surface area (Å²) in [5, 5.41) is 9.79. The number of hydrogen-bond acceptors (Lipinski definition) is 1. The lowest BCUT2D eigenvalue weighted by Gasteiger charge is -2.27. The number of rotatable bonds is 1. The zero-order valence-corrected chi connectivity index (χ0v) is 9.01. The second kappa shape index (κ2) is 3.64. The van der Waals surface area contributed by atoms with Crippen molar-refractivity contribution in [3.05, 3.63) is 28.8 Å². The molecule has 0 amide bonds. The molecule has 0 radical (unpaired) electrons. The minimum atomic E-state index is 0.503. The van der Waals surface area contributed by atoms with Crippen LogP contribution in [0.4, 0.5) is 0 Å². The number of benzene rings is 1. The molecule has 0 aliphatic heterocycles. The van der Waals surface area contributed by atoms with Crippen LogP contribution in [0, 0.1) is 6.92 Å². The van der Waals surface area contributed by atoms with E-state index in [1.54, 1.807) is 0 Å². The average Bonchev–Trinajstić information content (AvgIpc) is 2.23. The second-order valence-electron chi connectivity index (χ2n) is 4.29. The first-order chi connectivity index (χ1) is 6.74. The van der Waals surface area contributed by atoms with E-state index in [-0.39, 0.29) is 0 Å². The fourth-order valence-electron chi connectivity index (χ4n) is 2.68. The Morgan fingerprint density at radius 1 is 1.43 bits per heavy atom. The van der Waals surface area contributed by atoms with Gasteiger partial charge in [-0.3, -0.25) is 0 Å². The standard InChI is InChI=1S/C13H18O/c1-3-10-5-4-6-11-12(14)8-7-9(2)13(10)11/h7-8,10,14H,3-6H2,1-2H3. The summed E-state index contributed by atoms with van der Waals surface area (Å²) in [7, 11) is 0. The molecule has 0 spiro atoms. The molecule has 1 aromatic carbocycles. The Hall–Kier alpha value is -0.980. The van der Waals surface area contributed by atoms with Crippen molar-refractivity contribution in [2.24, 2.45) is 0 Å². The lowest BCUT2D eigenvalue weighted by Crippen LogP contribution is -2.11. The predicted molar refractivity (Wildman–Crippen MR) is 58.8 cm³/mol. The zero-order chi connectivity index (χ0) is 10.1. The Morgan fingerprint density at radius 2 is 2.21 bits per heavy atom. The molecule has 0 saturated carbocycles. The maximum absolute atomic E-state index is 9.79. The molecule has 1 aliphatic rings. The van der Waals surface area contributed by atoms with Crippen LogP contribution in [0.2, 0.25) is 0 Å². The first kappa shape index (κ1) is 9.57. The first-order valence-corrected chi connectivity index (χ1v) is 5.55. The van der Waals surface area contributed by atoms with E-state index < -0.39 is 0 Å². The molecule has 1 heteroatoms. The Morgan fingerprint density at radius 3 is 2.93 bits per heavy atom. The van der Waals surface area contributed by atoms with Gasteiger partial charge in [-0.05, 0) is 61.3 Å². The van der Waals surface area contributed by atoms with Crippen molar-refractivity contribution >= 4 is 0 Å². The molecule has 1 aromatic rings. The molecule has 0 aromatic heterocycles. The van der Waals surface area contributed by atoms with Crippen LogP contribution in [0.3, 0.4) is 0 Å². The molecule has 1 N–H and O–H groups in total. The fourth-order valence-corrected chi connectivity index (χ4v) is 2.68. The first-order valence-electron chi connectivity index (χ1n) is 5.55. The topological polar surface area (TPSA) is 20.2 Å². The van der Waals surface area contributed by atoms with E-state index in [0.717, 1.165) is 6.42 Å². The van der Waals surface area contributed by atoms with Gasteiger partial charge in [-0.1, -0.05) is 13.0 Å². The minimum absolute atomic E-state index is 0.503. The van der Waals surface area contributed by atoms with E-state index in [0.29, 0.717) is 11.7 Å². The van der Waals surface area contributed by atoms with Crippen molar-refractivity contribution in [1.82, 2.24) is 0 Å². The van der Waals surface area contributed by atoms with Crippen LogP contribution in [-0.2, 0) is 6.42 Å². The zero-order valence-electron chi connectivity index (χ0n) is 9.01. The smallest absolute Gasteiger partial charge is 0.119 e. The molecule has 76 valence electrons. The molecule has 1 nitrogen and oxygen atoms in total. The van der Waals surface area contributed by atoms with Gasteiger partial charge in [-0.25, -0.2) is 0 Å². The van der Waals surface area contributed by atoms with Crippen LogP contribution in [0.1, 0.15) is 48.8 Å². The molecule has 0 heterocycles. The van der Waals surface area contributed by atoms with Crippen LogP contribution < -0.4 is 0 Å². The minimum Gasteiger partial charge on any atom is -0.508 e.